The molecule has 0 aliphatic carbocycles. The molecule has 1 aromatic heterocycles. The van der Waals surface area contributed by atoms with Gasteiger partial charge in [0.15, 0.2) is 0 Å². The number of rotatable bonds is 3. The highest BCUT2D eigenvalue weighted by Gasteiger charge is 2.26. The Bertz CT molecular complexity index is 1310. The zero-order valence-corrected chi connectivity index (χ0v) is 20.2. The van der Waals surface area contributed by atoms with Crippen LogP contribution in [-0.2, 0) is 17.4 Å². The molecular formula is C29H33NO2. The van der Waals surface area contributed by atoms with Crippen LogP contribution in [0.15, 0.2) is 54.6 Å². The number of ether oxygens (including phenoxy) is 1. The van der Waals surface area contributed by atoms with Gasteiger partial charge in [0.2, 0.25) is 0 Å². The van der Waals surface area contributed by atoms with Crippen molar-refractivity contribution in [3.05, 3.63) is 71.4 Å². The number of hydrogen-bond donors (Lipinski definition) is 1. The molecule has 0 spiro atoms. The van der Waals surface area contributed by atoms with Crippen LogP contribution in [0.5, 0.6) is 5.75 Å². The Morgan fingerprint density at radius 1 is 0.812 bits per heavy atom. The van der Waals surface area contributed by atoms with Gasteiger partial charge in [0.05, 0.1) is 30.7 Å². The van der Waals surface area contributed by atoms with Crippen molar-refractivity contribution >= 4 is 21.5 Å². The van der Waals surface area contributed by atoms with E-state index in [4.69, 9.17) is 9.72 Å². The standard InChI is InChI=1S/C29H33NO2/c1-28(2,3)20-12-13-22-19(14-20)16-24(29(4,5)6)27(32-7)25(22)26-23-11-9-8-10-18(23)15-21(17-31)30-26/h8-16,31H,17H2,1-7H3. The van der Waals surface area contributed by atoms with Gasteiger partial charge < -0.3 is 9.84 Å². The minimum atomic E-state index is -0.115. The summed E-state index contributed by atoms with van der Waals surface area (Å²) >= 11 is 0. The quantitative estimate of drug-likeness (QED) is 0.377. The molecule has 32 heavy (non-hydrogen) atoms. The molecule has 0 radical (unpaired) electrons. The molecule has 0 amide bonds. The van der Waals surface area contributed by atoms with Crippen LogP contribution in [-0.4, -0.2) is 17.2 Å². The second-order valence-electron chi connectivity index (χ2n) is 10.6. The van der Waals surface area contributed by atoms with Crippen LogP contribution in [0.1, 0.15) is 58.4 Å². The zero-order valence-electron chi connectivity index (χ0n) is 20.2. The number of fused-ring (bicyclic) bond motifs is 2. The lowest BCUT2D eigenvalue weighted by molar-refractivity contribution is 0.277. The van der Waals surface area contributed by atoms with Gasteiger partial charge in [0.1, 0.15) is 5.75 Å². The number of benzene rings is 3. The third-order valence-electron chi connectivity index (χ3n) is 6.16. The van der Waals surface area contributed by atoms with E-state index in [2.05, 4.69) is 77.9 Å². The average molecular weight is 428 g/mol. The highest BCUT2D eigenvalue weighted by Crippen LogP contribution is 2.46. The summed E-state index contributed by atoms with van der Waals surface area (Å²) in [5.41, 5.74) is 4.87. The Labute approximate surface area is 191 Å². The molecule has 3 aromatic carbocycles. The summed E-state index contributed by atoms with van der Waals surface area (Å²) in [4.78, 5) is 4.91. The molecule has 0 bridgehead atoms. The van der Waals surface area contributed by atoms with Crippen molar-refractivity contribution in [1.82, 2.24) is 4.98 Å². The third kappa shape index (κ3) is 3.86. The number of aliphatic hydroxyl groups excluding tert-OH is 1. The summed E-state index contributed by atoms with van der Waals surface area (Å²) < 4.78 is 6.08. The summed E-state index contributed by atoms with van der Waals surface area (Å²) in [5, 5.41) is 14.3. The average Bonchev–Trinajstić information content (AvgIpc) is 2.75. The number of aliphatic hydroxyl groups is 1. The Morgan fingerprint density at radius 3 is 2.16 bits per heavy atom. The van der Waals surface area contributed by atoms with Gasteiger partial charge in [-0.15, -0.1) is 0 Å². The first-order valence-corrected chi connectivity index (χ1v) is 11.2. The normalized spacial score (nSPS) is 12.5. The van der Waals surface area contributed by atoms with Crippen LogP contribution in [0, 0.1) is 0 Å². The molecule has 4 aromatic rings. The van der Waals surface area contributed by atoms with Crippen molar-refractivity contribution in [1.29, 1.82) is 0 Å². The highest BCUT2D eigenvalue weighted by atomic mass is 16.5. The maximum atomic E-state index is 9.92. The summed E-state index contributed by atoms with van der Waals surface area (Å²) in [6.07, 6.45) is 0. The predicted molar refractivity (Wildman–Crippen MR) is 135 cm³/mol. The van der Waals surface area contributed by atoms with E-state index in [-0.39, 0.29) is 17.4 Å². The fourth-order valence-electron chi connectivity index (χ4n) is 4.38. The molecule has 3 heteroatoms. The van der Waals surface area contributed by atoms with E-state index in [0.717, 1.165) is 38.7 Å². The maximum Gasteiger partial charge on any atom is 0.132 e. The van der Waals surface area contributed by atoms with Crippen LogP contribution < -0.4 is 4.74 Å². The van der Waals surface area contributed by atoms with Gasteiger partial charge in [-0.1, -0.05) is 84.0 Å². The molecule has 166 valence electrons. The van der Waals surface area contributed by atoms with Crippen LogP contribution in [0.25, 0.3) is 32.8 Å². The van der Waals surface area contributed by atoms with E-state index in [1.54, 1.807) is 7.11 Å². The van der Waals surface area contributed by atoms with E-state index in [0.29, 0.717) is 5.69 Å². The molecule has 0 aliphatic rings. The smallest absolute Gasteiger partial charge is 0.132 e. The van der Waals surface area contributed by atoms with Gasteiger partial charge >= 0.3 is 0 Å². The fraction of sp³-hybridized carbons (Fsp3) is 0.345. The predicted octanol–water partition coefficient (Wildman–Crippen LogP) is 7.15. The molecular weight excluding hydrogens is 394 g/mol. The van der Waals surface area contributed by atoms with Crippen LogP contribution >= 0.6 is 0 Å². The molecule has 4 rings (SSSR count). The van der Waals surface area contributed by atoms with Gasteiger partial charge in [-0.05, 0) is 44.7 Å². The Morgan fingerprint density at radius 2 is 1.53 bits per heavy atom. The molecule has 0 saturated heterocycles. The van der Waals surface area contributed by atoms with Gasteiger partial charge in [0.25, 0.3) is 0 Å². The van der Waals surface area contributed by atoms with E-state index in [1.165, 1.54) is 10.9 Å². The minimum absolute atomic E-state index is 0.0535. The van der Waals surface area contributed by atoms with E-state index in [9.17, 15) is 5.11 Å². The lowest BCUT2D eigenvalue weighted by atomic mass is 9.80. The number of methoxy groups -OCH3 is 1. The van der Waals surface area contributed by atoms with Gasteiger partial charge in [-0.25, -0.2) is 4.98 Å². The first kappa shape index (κ1) is 22.3. The van der Waals surface area contributed by atoms with Crippen molar-refractivity contribution in [3.8, 4) is 17.0 Å². The molecule has 0 unspecified atom stereocenters. The SMILES string of the molecule is COc1c(C(C)(C)C)cc2cc(C(C)(C)C)ccc2c1-c1nc(CO)cc2ccccc12. The summed E-state index contributed by atoms with van der Waals surface area (Å²) in [6.45, 7) is 13.2. The van der Waals surface area contributed by atoms with Crippen molar-refractivity contribution in [2.45, 2.75) is 59.0 Å². The van der Waals surface area contributed by atoms with Gasteiger partial charge in [-0.2, -0.15) is 0 Å². The number of pyridine rings is 1. The second-order valence-corrected chi connectivity index (χ2v) is 10.6. The fourth-order valence-corrected chi connectivity index (χ4v) is 4.38. The van der Waals surface area contributed by atoms with Crippen LogP contribution in [0.3, 0.4) is 0 Å². The summed E-state index contributed by atoms with van der Waals surface area (Å²) in [5.74, 6) is 0.848. The van der Waals surface area contributed by atoms with Crippen molar-refractivity contribution in [2.75, 3.05) is 7.11 Å². The Hall–Kier alpha value is -2.91. The molecule has 0 fully saturated rings. The number of aromatic nitrogens is 1. The monoisotopic (exact) mass is 427 g/mol. The Kier molecular flexibility index (Phi) is 5.50. The van der Waals surface area contributed by atoms with E-state index < -0.39 is 0 Å². The molecule has 0 saturated carbocycles. The van der Waals surface area contributed by atoms with E-state index in [1.807, 2.05) is 18.2 Å². The number of hydrogen-bond acceptors (Lipinski definition) is 3. The molecule has 1 heterocycles. The van der Waals surface area contributed by atoms with Crippen LogP contribution in [0.4, 0.5) is 0 Å². The number of nitrogens with zero attached hydrogens (tertiary/aromatic N) is 1. The van der Waals surface area contributed by atoms with Crippen molar-refractivity contribution < 1.29 is 9.84 Å². The third-order valence-corrected chi connectivity index (χ3v) is 6.16. The zero-order chi connectivity index (χ0) is 23.3. The van der Waals surface area contributed by atoms with Gasteiger partial charge in [-0.3, -0.25) is 0 Å². The first-order chi connectivity index (χ1) is 15.0. The molecule has 0 aliphatic heterocycles. The molecule has 1 N–H and O–H groups in total. The lowest BCUT2D eigenvalue weighted by Gasteiger charge is -2.27. The van der Waals surface area contributed by atoms with E-state index >= 15 is 0 Å². The Balaban J connectivity index is 2.21. The summed E-state index contributed by atoms with van der Waals surface area (Å²) in [7, 11) is 1.74. The maximum absolute atomic E-state index is 9.92. The molecule has 0 atom stereocenters. The highest BCUT2D eigenvalue weighted by molar-refractivity contribution is 6.07. The lowest BCUT2D eigenvalue weighted by Crippen LogP contribution is -2.14. The second kappa shape index (κ2) is 7.90. The van der Waals surface area contributed by atoms with Crippen molar-refractivity contribution in [2.24, 2.45) is 0 Å². The minimum Gasteiger partial charge on any atom is -0.496 e. The van der Waals surface area contributed by atoms with Gasteiger partial charge in [0, 0.05) is 10.9 Å². The molecule has 3 nitrogen and oxygen atoms in total. The summed E-state index contributed by atoms with van der Waals surface area (Å²) in [6, 6.07) is 19.1. The van der Waals surface area contributed by atoms with Crippen LogP contribution in [0.2, 0.25) is 0 Å². The first-order valence-electron chi connectivity index (χ1n) is 11.2. The largest absolute Gasteiger partial charge is 0.496 e. The van der Waals surface area contributed by atoms with Crippen molar-refractivity contribution in [3.63, 3.8) is 0 Å². The topological polar surface area (TPSA) is 42.4 Å².